The van der Waals surface area contributed by atoms with Gasteiger partial charge in [0, 0.05) is 120 Å². The van der Waals surface area contributed by atoms with E-state index in [1.165, 1.54) is 54.7 Å². The predicted molar refractivity (Wildman–Crippen MR) is 244 cm³/mol. The summed E-state index contributed by atoms with van der Waals surface area (Å²) in [5.41, 5.74) is 10.0. The van der Waals surface area contributed by atoms with Gasteiger partial charge in [-0.25, -0.2) is 0 Å². The Labute approximate surface area is 478 Å². The number of fused-ring (bicyclic) bond motifs is 2. The molecule has 0 bridgehead atoms. The van der Waals surface area contributed by atoms with Crippen LogP contribution in [0.4, 0.5) is 12.9 Å². The fourth-order valence-corrected chi connectivity index (χ4v) is 7.64. The molecule has 7 rings (SSSR count). The average molecular weight is 1040 g/mol. The SMILES string of the molecule is Cc1cc(C)cc(C)c1.FB(F)F.[Ar].[Ar].[Ar].[CH2-][C@@H](C(C)C)C([CH2-])(c1[c-]cc(CO)cc1)c1ccc(OC)cc1.[CH2-]c1ccc2ccccc2c1-c1c(P)ccc2ccccc12.[F-].[Ru+4]. The van der Waals surface area contributed by atoms with E-state index < -0.39 is 13.0 Å². The van der Waals surface area contributed by atoms with Crippen molar-refractivity contribution in [2.75, 3.05) is 7.11 Å². The van der Waals surface area contributed by atoms with Gasteiger partial charge in [0.05, 0.1) is 7.11 Å². The van der Waals surface area contributed by atoms with Gasteiger partial charge in [-0.15, -0.1) is 26.4 Å². The van der Waals surface area contributed by atoms with Crippen LogP contribution in [0, 0.1) is 173 Å². The van der Waals surface area contributed by atoms with E-state index in [4.69, 9.17) is 4.74 Å². The maximum Gasteiger partial charge on any atom is 4.00 e. The van der Waals surface area contributed by atoms with Crippen molar-refractivity contribution < 1.29 is 160 Å². The molecule has 7 aromatic carbocycles. The van der Waals surface area contributed by atoms with Crippen LogP contribution in [-0.4, -0.2) is 19.8 Å². The van der Waals surface area contributed by atoms with E-state index in [1.807, 2.05) is 42.5 Å². The second kappa shape index (κ2) is 31.4. The van der Waals surface area contributed by atoms with Crippen LogP contribution in [0.5, 0.6) is 5.75 Å². The fraction of sp³-hybridized carbons (Fsp3) is 0.196. The zero-order chi connectivity index (χ0) is 42.6. The quantitative estimate of drug-likeness (QED) is 0.0747. The standard InChI is InChI=1S/C21H25O2.C21H16P.C9H12.3Ar.BF3.FH.Ru/c1-15(2)16(3)21(4,18-8-6-17(14-22)7-9-18)19-10-12-20(23-5)13-11-19;1-14-10-11-15-6-2-4-8-17(15)20(14)21-18-9-5-3-7-16(18)12-13-19(21)22;1-7-4-8(2)6-9(3)5-7;;;;2-1(3)4;;/h6-8,10-13,15-16,22H,3-4,14H2,1-2,5H3;2-13H,1,22H2;4-6H,1-3H3;;;;;1H;/q-3;-1;;;;;;;+4/p-1/t16-,21?;;;;;;;;/m0......../s1. The van der Waals surface area contributed by atoms with Gasteiger partial charge in [0.2, 0.25) is 0 Å². The molecule has 0 aliphatic rings. The molecule has 0 saturated carbocycles. The summed E-state index contributed by atoms with van der Waals surface area (Å²) in [7, 11) is 0.870. The maximum atomic E-state index is 9.67. The molecule has 7 aromatic rings. The van der Waals surface area contributed by atoms with Crippen molar-refractivity contribution in [2.45, 2.75) is 46.6 Å². The minimum absolute atomic E-state index is 0. The van der Waals surface area contributed by atoms with E-state index in [0.29, 0.717) is 5.92 Å². The van der Waals surface area contributed by atoms with E-state index in [1.54, 1.807) is 7.11 Å². The van der Waals surface area contributed by atoms with Crippen LogP contribution in [0.15, 0.2) is 133 Å². The monoisotopic (exact) mass is 1040 g/mol. The number of halogens is 4. The molecule has 3 atom stereocenters. The first-order chi connectivity index (χ1) is 27.6. The van der Waals surface area contributed by atoms with Crippen molar-refractivity contribution in [2.24, 2.45) is 11.8 Å². The predicted octanol–water partition coefficient (Wildman–Crippen LogP) is 10.0. The van der Waals surface area contributed by atoms with Crippen LogP contribution in [0.1, 0.15) is 52.8 Å². The Morgan fingerprint density at radius 1 is 0.730 bits per heavy atom. The Bertz CT molecular complexity index is 2220. The van der Waals surface area contributed by atoms with Gasteiger partial charge in [0.1, 0.15) is 5.75 Å². The Morgan fingerprint density at radius 3 is 1.62 bits per heavy atom. The van der Waals surface area contributed by atoms with Crippen molar-refractivity contribution in [1.82, 2.24) is 0 Å². The normalized spacial score (nSPS) is 11.3. The number of methoxy groups -OCH3 is 1. The Hall–Kier alpha value is -0.692. The largest absolute Gasteiger partial charge is 4.00 e. The molecule has 0 heterocycles. The first kappa shape index (κ1) is 64.4. The molecule has 0 spiro atoms. The number of rotatable bonds is 7. The molecule has 0 radical (unpaired) electrons. The van der Waals surface area contributed by atoms with Crippen molar-refractivity contribution in [3.8, 4) is 16.9 Å². The molecule has 0 aliphatic heterocycles. The Kier molecular flexibility index (Phi) is 32.1. The van der Waals surface area contributed by atoms with Crippen LogP contribution >= 0.6 is 9.24 Å². The minimum Gasteiger partial charge on any atom is -1.00 e. The van der Waals surface area contributed by atoms with Crippen LogP contribution in [0.3, 0.4) is 0 Å². The Balaban J connectivity index is 0. The van der Waals surface area contributed by atoms with Gasteiger partial charge in [-0.1, -0.05) is 144 Å². The number of ether oxygens (including phenoxy) is 1. The van der Waals surface area contributed by atoms with Gasteiger partial charge < -0.3 is 28.4 Å². The molecule has 0 aliphatic carbocycles. The first-order valence-electron chi connectivity index (χ1n) is 19.1. The summed E-state index contributed by atoms with van der Waals surface area (Å²) < 4.78 is 34.3. The first-order valence-corrected chi connectivity index (χ1v) is 19.7. The summed E-state index contributed by atoms with van der Waals surface area (Å²) in [5, 5.41) is 15.5. The zero-order valence-electron chi connectivity index (χ0n) is 36.1. The van der Waals surface area contributed by atoms with Crippen LogP contribution in [-0.2, 0) is 31.5 Å². The molecule has 12 heteroatoms. The molecular weight excluding hydrogens is 983 g/mol. The smallest absolute Gasteiger partial charge is 1.00 e. The molecule has 0 saturated heterocycles. The van der Waals surface area contributed by atoms with Crippen LogP contribution < -0.4 is 14.7 Å². The summed E-state index contributed by atoms with van der Waals surface area (Å²) in [6.07, 6.45) is 0. The zero-order valence-corrected chi connectivity index (χ0v) is 41.1. The second-order valence-electron chi connectivity index (χ2n) is 14.8. The third-order valence-electron chi connectivity index (χ3n) is 10.2. The number of aliphatic hydroxyl groups excluding tert-OH is 1. The van der Waals surface area contributed by atoms with E-state index in [0.717, 1.165) is 28.0 Å². The van der Waals surface area contributed by atoms with E-state index in [-0.39, 0.29) is 150 Å². The van der Waals surface area contributed by atoms with Gasteiger partial charge in [-0.2, -0.15) is 59.7 Å². The van der Waals surface area contributed by atoms with E-state index >= 15 is 0 Å². The minimum atomic E-state index is -3.67. The number of hydrogen-bond acceptors (Lipinski definition) is 2. The molecule has 63 heavy (non-hydrogen) atoms. The van der Waals surface area contributed by atoms with Gasteiger partial charge in [-0.05, 0) is 54.4 Å². The third-order valence-corrected chi connectivity index (χ3v) is 10.7. The molecule has 2 nitrogen and oxygen atoms in total. The van der Waals surface area contributed by atoms with Gasteiger partial charge in [0.15, 0.2) is 0 Å². The fourth-order valence-electron chi connectivity index (χ4n) is 7.24. The summed E-state index contributed by atoms with van der Waals surface area (Å²) in [6, 6.07) is 49.3. The average Bonchev–Trinajstić information content (AvgIpc) is 3.20. The van der Waals surface area contributed by atoms with Crippen molar-refractivity contribution >= 4 is 43.6 Å². The summed E-state index contributed by atoms with van der Waals surface area (Å²) in [5.74, 6) is 1.26. The molecule has 0 amide bonds. The number of aliphatic hydroxyl groups is 1. The van der Waals surface area contributed by atoms with Crippen LogP contribution in [0.2, 0.25) is 0 Å². The molecule has 2 unspecified atom stereocenters. The molecule has 338 valence electrons. The van der Waals surface area contributed by atoms with Gasteiger partial charge >= 0.3 is 27.0 Å². The van der Waals surface area contributed by atoms with Crippen molar-refractivity contribution in [1.29, 1.82) is 0 Å². The molecule has 0 fully saturated rings. The topological polar surface area (TPSA) is 29.5 Å². The van der Waals surface area contributed by atoms with E-state index in [9.17, 15) is 18.1 Å². The van der Waals surface area contributed by atoms with Crippen molar-refractivity contribution in [3.05, 3.63) is 199 Å². The summed E-state index contributed by atoms with van der Waals surface area (Å²) >= 11 is 0. The number of hydrogen-bond donors (Lipinski definition) is 1. The second-order valence-corrected chi connectivity index (χ2v) is 15.4. The summed E-state index contributed by atoms with van der Waals surface area (Å²) in [6.45, 7) is 23.9. The van der Waals surface area contributed by atoms with Gasteiger partial charge in [0.25, 0.3) is 0 Å². The number of aryl methyl sites for hydroxylation is 3. The van der Waals surface area contributed by atoms with Crippen LogP contribution in [0.25, 0.3) is 32.7 Å². The number of benzene rings is 7. The van der Waals surface area contributed by atoms with Gasteiger partial charge in [-0.3, -0.25) is 12.9 Å². The maximum absolute atomic E-state index is 9.67. The molecule has 0 aromatic heterocycles. The molecular formula is C51H53Ar3BF4O2PRu-. The van der Waals surface area contributed by atoms with E-state index in [2.05, 4.69) is 162 Å². The molecule has 1 N–H and O–H groups in total. The third kappa shape index (κ3) is 18.0. The van der Waals surface area contributed by atoms with Crippen molar-refractivity contribution in [3.63, 3.8) is 0 Å². The summed E-state index contributed by atoms with van der Waals surface area (Å²) in [4.78, 5) is 0. The Morgan fingerprint density at radius 2 is 1.19 bits per heavy atom.